The quantitative estimate of drug-likeness (QED) is 0.854. The van der Waals surface area contributed by atoms with Gasteiger partial charge in [0.05, 0.1) is 12.2 Å². The van der Waals surface area contributed by atoms with Crippen LogP contribution in [0.15, 0.2) is 30.5 Å². The van der Waals surface area contributed by atoms with E-state index < -0.39 is 5.91 Å². The Morgan fingerprint density at radius 2 is 2.22 bits per heavy atom. The lowest BCUT2D eigenvalue weighted by Gasteiger charge is -2.10. The SMILES string of the molecule is Cc1cc(C(N)=O)ccc1NCc1ccnn1C. The van der Waals surface area contributed by atoms with E-state index >= 15 is 0 Å². The van der Waals surface area contributed by atoms with Crippen molar-refractivity contribution in [2.24, 2.45) is 12.8 Å². The maximum Gasteiger partial charge on any atom is 0.248 e. The third kappa shape index (κ3) is 2.51. The minimum atomic E-state index is -0.406. The van der Waals surface area contributed by atoms with Crippen LogP contribution in [0.4, 0.5) is 5.69 Å². The van der Waals surface area contributed by atoms with E-state index in [9.17, 15) is 4.79 Å². The number of rotatable bonds is 4. The monoisotopic (exact) mass is 244 g/mol. The third-order valence-electron chi connectivity index (χ3n) is 2.89. The summed E-state index contributed by atoms with van der Waals surface area (Å²) in [6.45, 7) is 2.63. The van der Waals surface area contributed by atoms with Gasteiger partial charge in [0.25, 0.3) is 0 Å². The maximum absolute atomic E-state index is 11.0. The van der Waals surface area contributed by atoms with Crippen LogP contribution in [0.2, 0.25) is 0 Å². The molecule has 1 heterocycles. The number of aromatic nitrogens is 2. The fourth-order valence-corrected chi connectivity index (χ4v) is 1.78. The Hall–Kier alpha value is -2.30. The van der Waals surface area contributed by atoms with E-state index in [2.05, 4.69) is 10.4 Å². The number of carbonyl (C=O) groups is 1. The zero-order chi connectivity index (χ0) is 13.1. The van der Waals surface area contributed by atoms with E-state index in [1.54, 1.807) is 18.3 Å². The molecule has 1 amide bonds. The smallest absolute Gasteiger partial charge is 0.248 e. The summed E-state index contributed by atoms with van der Waals surface area (Å²) < 4.78 is 1.82. The van der Waals surface area contributed by atoms with E-state index in [4.69, 9.17) is 5.73 Å². The van der Waals surface area contributed by atoms with Crippen LogP contribution in [-0.4, -0.2) is 15.7 Å². The first kappa shape index (κ1) is 12.2. The molecular weight excluding hydrogens is 228 g/mol. The second-order valence-electron chi connectivity index (χ2n) is 4.19. The van der Waals surface area contributed by atoms with Gasteiger partial charge < -0.3 is 11.1 Å². The lowest BCUT2D eigenvalue weighted by atomic mass is 10.1. The Bertz CT molecular complexity index is 574. The van der Waals surface area contributed by atoms with Crippen LogP contribution in [0.1, 0.15) is 21.6 Å². The molecule has 0 aliphatic rings. The molecule has 0 radical (unpaired) electrons. The van der Waals surface area contributed by atoms with Crippen LogP contribution in [-0.2, 0) is 13.6 Å². The van der Waals surface area contributed by atoms with Gasteiger partial charge in [-0.05, 0) is 36.8 Å². The molecule has 1 aromatic heterocycles. The molecule has 3 N–H and O–H groups in total. The highest BCUT2D eigenvalue weighted by molar-refractivity contribution is 5.93. The van der Waals surface area contributed by atoms with E-state index in [1.807, 2.05) is 30.8 Å². The largest absolute Gasteiger partial charge is 0.379 e. The first-order valence-corrected chi connectivity index (χ1v) is 5.69. The normalized spacial score (nSPS) is 10.3. The Labute approximate surface area is 106 Å². The lowest BCUT2D eigenvalue weighted by molar-refractivity contribution is 0.1000. The van der Waals surface area contributed by atoms with Gasteiger partial charge in [-0.15, -0.1) is 0 Å². The number of hydrogen-bond acceptors (Lipinski definition) is 3. The summed E-state index contributed by atoms with van der Waals surface area (Å²) in [6.07, 6.45) is 1.76. The summed E-state index contributed by atoms with van der Waals surface area (Å²) in [7, 11) is 1.90. The lowest BCUT2D eigenvalue weighted by Crippen LogP contribution is -2.12. The highest BCUT2D eigenvalue weighted by atomic mass is 16.1. The molecule has 0 aliphatic carbocycles. The predicted molar refractivity (Wildman–Crippen MR) is 70.2 cm³/mol. The molecule has 94 valence electrons. The van der Waals surface area contributed by atoms with Crippen molar-refractivity contribution in [1.29, 1.82) is 0 Å². The summed E-state index contributed by atoms with van der Waals surface area (Å²) in [5, 5.41) is 7.41. The Morgan fingerprint density at radius 1 is 1.44 bits per heavy atom. The molecule has 0 aliphatic heterocycles. The van der Waals surface area contributed by atoms with Gasteiger partial charge in [0, 0.05) is 24.5 Å². The summed E-state index contributed by atoms with van der Waals surface area (Å²) in [5.74, 6) is -0.406. The third-order valence-corrected chi connectivity index (χ3v) is 2.89. The van der Waals surface area contributed by atoms with Gasteiger partial charge in [0.1, 0.15) is 0 Å². The van der Waals surface area contributed by atoms with Gasteiger partial charge in [-0.25, -0.2) is 0 Å². The molecule has 2 aromatic rings. The number of anilines is 1. The molecule has 0 fully saturated rings. The number of nitrogens with one attached hydrogen (secondary N) is 1. The number of nitrogens with two attached hydrogens (primary N) is 1. The number of hydrogen-bond donors (Lipinski definition) is 2. The predicted octanol–water partition coefficient (Wildman–Crippen LogP) is 1.44. The topological polar surface area (TPSA) is 72.9 Å². The van der Waals surface area contributed by atoms with Crippen molar-refractivity contribution >= 4 is 11.6 Å². The van der Waals surface area contributed by atoms with Crippen molar-refractivity contribution in [2.75, 3.05) is 5.32 Å². The highest BCUT2D eigenvalue weighted by Crippen LogP contribution is 2.17. The van der Waals surface area contributed by atoms with Crippen molar-refractivity contribution < 1.29 is 4.79 Å². The van der Waals surface area contributed by atoms with Gasteiger partial charge in [0.15, 0.2) is 0 Å². The number of carbonyl (C=O) groups excluding carboxylic acids is 1. The summed E-state index contributed by atoms with van der Waals surface area (Å²) in [6, 6.07) is 7.33. The van der Waals surface area contributed by atoms with Gasteiger partial charge in [-0.2, -0.15) is 5.10 Å². The van der Waals surface area contributed by atoms with E-state index in [0.717, 1.165) is 16.9 Å². The van der Waals surface area contributed by atoms with Gasteiger partial charge in [0.2, 0.25) is 5.91 Å². The van der Waals surface area contributed by atoms with Crippen molar-refractivity contribution in [2.45, 2.75) is 13.5 Å². The number of nitrogens with zero attached hydrogens (tertiary/aromatic N) is 2. The summed E-state index contributed by atoms with van der Waals surface area (Å²) >= 11 is 0. The van der Waals surface area contributed by atoms with E-state index in [-0.39, 0.29) is 0 Å². The molecule has 1 aromatic carbocycles. The zero-order valence-corrected chi connectivity index (χ0v) is 10.5. The number of primary amides is 1. The summed E-state index contributed by atoms with van der Waals surface area (Å²) in [4.78, 5) is 11.0. The van der Waals surface area contributed by atoms with Crippen LogP contribution in [0.5, 0.6) is 0 Å². The van der Waals surface area contributed by atoms with Crippen molar-refractivity contribution in [3.05, 3.63) is 47.3 Å². The number of benzene rings is 1. The molecular formula is C13H16N4O. The van der Waals surface area contributed by atoms with Crippen LogP contribution in [0, 0.1) is 6.92 Å². The van der Waals surface area contributed by atoms with Crippen LogP contribution in [0.25, 0.3) is 0 Å². The highest BCUT2D eigenvalue weighted by Gasteiger charge is 2.04. The van der Waals surface area contributed by atoms with Crippen molar-refractivity contribution in [3.8, 4) is 0 Å². The Kier molecular flexibility index (Phi) is 3.32. The standard InChI is InChI=1S/C13H16N4O/c1-9-7-10(13(14)18)3-4-12(9)15-8-11-5-6-16-17(11)2/h3-7,15H,8H2,1-2H3,(H2,14,18). The molecule has 0 bridgehead atoms. The zero-order valence-electron chi connectivity index (χ0n) is 10.5. The van der Waals surface area contributed by atoms with Crippen LogP contribution < -0.4 is 11.1 Å². The minimum Gasteiger partial charge on any atom is -0.379 e. The molecule has 5 nitrogen and oxygen atoms in total. The molecule has 0 spiro atoms. The number of amides is 1. The van der Waals surface area contributed by atoms with Gasteiger partial charge in [-0.1, -0.05) is 0 Å². The maximum atomic E-state index is 11.0. The van der Waals surface area contributed by atoms with E-state index in [1.165, 1.54) is 0 Å². The molecule has 2 rings (SSSR count). The molecule has 0 unspecified atom stereocenters. The van der Waals surface area contributed by atoms with Gasteiger partial charge in [-0.3, -0.25) is 9.48 Å². The van der Waals surface area contributed by atoms with Gasteiger partial charge >= 0.3 is 0 Å². The fourth-order valence-electron chi connectivity index (χ4n) is 1.78. The molecule has 5 heteroatoms. The van der Waals surface area contributed by atoms with Crippen LogP contribution in [0.3, 0.4) is 0 Å². The molecule has 0 saturated carbocycles. The van der Waals surface area contributed by atoms with Crippen molar-refractivity contribution in [1.82, 2.24) is 9.78 Å². The molecule has 0 atom stereocenters. The fraction of sp³-hybridized carbons (Fsp3) is 0.231. The molecule has 0 saturated heterocycles. The number of aryl methyl sites for hydroxylation is 2. The minimum absolute atomic E-state index is 0.406. The van der Waals surface area contributed by atoms with Crippen LogP contribution >= 0.6 is 0 Å². The van der Waals surface area contributed by atoms with Crippen molar-refractivity contribution in [3.63, 3.8) is 0 Å². The Morgan fingerprint density at radius 3 is 2.78 bits per heavy atom. The second kappa shape index (κ2) is 4.91. The second-order valence-corrected chi connectivity index (χ2v) is 4.19. The van der Waals surface area contributed by atoms with E-state index in [0.29, 0.717) is 12.1 Å². The average molecular weight is 244 g/mol. The first-order chi connectivity index (χ1) is 8.58. The molecule has 18 heavy (non-hydrogen) atoms. The first-order valence-electron chi connectivity index (χ1n) is 5.69. The summed E-state index contributed by atoms with van der Waals surface area (Å²) in [5.41, 5.74) is 8.83. The average Bonchev–Trinajstić information content (AvgIpc) is 2.73. The Balaban J connectivity index is 2.11.